The summed E-state index contributed by atoms with van der Waals surface area (Å²) in [7, 11) is 0. The summed E-state index contributed by atoms with van der Waals surface area (Å²) in [5, 5.41) is 2.77. The highest BCUT2D eigenvalue weighted by Crippen LogP contribution is 2.21. The number of carbonyl (C=O) groups is 3. The minimum Gasteiger partial charge on any atom is -0.451 e. The van der Waals surface area contributed by atoms with Gasteiger partial charge in [0.15, 0.2) is 6.10 Å². The Morgan fingerprint density at radius 3 is 2.45 bits per heavy atom. The van der Waals surface area contributed by atoms with Gasteiger partial charge in [-0.05, 0) is 44.1 Å². The van der Waals surface area contributed by atoms with E-state index < -0.39 is 18.1 Å². The molecule has 2 rings (SSSR count). The predicted octanol–water partition coefficient (Wildman–Crippen LogP) is 3.09. The topological polar surface area (TPSA) is 75.7 Å². The van der Waals surface area contributed by atoms with Crippen LogP contribution in [0.3, 0.4) is 0 Å². The van der Waals surface area contributed by atoms with E-state index in [0.29, 0.717) is 6.54 Å². The number of esters is 1. The van der Waals surface area contributed by atoms with Crippen molar-refractivity contribution in [3.8, 4) is 0 Å². The van der Waals surface area contributed by atoms with Crippen LogP contribution in [0.15, 0.2) is 30.3 Å². The number of nitrogens with one attached hydrogen (secondary N) is 1. The van der Waals surface area contributed by atoms with Crippen LogP contribution in [0.2, 0.25) is 0 Å². The maximum absolute atomic E-state index is 12.8. The second kappa shape index (κ2) is 11.0. The number of benzene rings is 1. The Morgan fingerprint density at radius 1 is 1.14 bits per heavy atom. The van der Waals surface area contributed by atoms with Crippen molar-refractivity contribution >= 4 is 17.8 Å². The number of hydrogen-bond acceptors (Lipinski definition) is 4. The van der Waals surface area contributed by atoms with Crippen molar-refractivity contribution in [2.45, 2.75) is 78.0 Å². The Bertz CT molecular complexity index is 689. The molecular formula is C23H34N2O4. The monoisotopic (exact) mass is 402 g/mol. The number of hydrogen-bond donors (Lipinski definition) is 1. The lowest BCUT2D eigenvalue weighted by Crippen LogP contribution is -2.51. The molecule has 1 saturated heterocycles. The Balaban J connectivity index is 1.95. The number of likely N-dealkylation sites (tertiary alicyclic amines) is 1. The molecular weight excluding hydrogens is 368 g/mol. The molecule has 0 saturated carbocycles. The van der Waals surface area contributed by atoms with Crippen LogP contribution in [0.1, 0.15) is 58.9 Å². The SMILES string of the molecule is CCC1CCCCN1C(=O)C(C)OC(=O)C(NC(=O)Cc1ccccc1)C(C)C. The van der Waals surface area contributed by atoms with Gasteiger partial charge in [0.1, 0.15) is 6.04 Å². The smallest absolute Gasteiger partial charge is 0.329 e. The highest BCUT2D eigenvalue weighted by molar-refractivity contribution is 5.88. The first kappa shape index (κ1) is 22.9. The van der Waals surface area contributed by atoms with Gasteiger partial charge in [-0.25, -0.2) is 4.79 Å². The Kier molecular flexibility index (Phi) is 8.68. The van der Waals surface area contributed by atoms with Crippen molar-refractivity contribution < 1.29 is 19.1 Å². The summed E-state index contributed by atoms with van der Waals surface area (Å²) >= 11 is 0. The highest BCUT2D eigenvalue weighted by Gasteiger charge is 2.33. The molecule has 6 nitrogen and oxygen atoms in total. The van der Waals surface area contributed by atoms with Crippen LogP contribution < -0.4 is 5.32 Å². The zero-order valence-corrected chi connectivity index (χ0v) is 18.0. The van der Waals surface area contributed by atoms with E-state index in [1.54, 1.807) is 6.92 Å². The maximum atomic E-state index is 12.8. The second-order valence-electron chi connectivity index (χ2n) is 8.12. The number of carbonyl (C=O) groups excluding carboxylic acids is 3. The molecule has 0 radical (unpaired) electrons. The summed E-state index contributed by atoms with van der Waals surface area (Å²) in [5.74, 6) is -1.11. The van der Waals surface area contributed by atoms with Gasteiger partial charge in [-0.2, -0.15) is 0 Å². The minimum atomic E-state index is -0.859. The van der Waals surface area contributed by atoms with Crippen molar-refractivity contribution in [1.29, 1.82) is 0 Å². The van der Waals surface area contributed by atoms with E-state index in [1.807, 2.05) is 49.1 Å². The van der Waals surface area contributed by atoms with Crippen LogP contribution in [-0.4, -0.2) is 47.4 Å². The molecule has 3 atom stereocenters. The van der Waals surface area contributed by atoms with Crippen LogP contribution >= 0.6 is 0 Å². The van der Waals surface area contributed by atoms with Crippen LogP contribution in [0, 0.1) is 5.92 Å². The quantitative estimate of drug-likeness (QED) is 0.678. The van der Waals surface area contributed by atoms with E-state index in [1.165, 1.54) is 0 Å². The van der Waals surface area contributed by atoms with Gasteiger partial charge in [0.05, 0.1) is 6.42 Å². The van der Waals surface area contributed by atoms with Gasteiger partial charge in [0.2, 0.25) is 5.91 Å². The molecule has 0 spiro atoms. The molecule has 1 aromatic rings. The lowest BCUT2D eigenvalue weighted by atomic mass is 9.99. The van der Waals surface area contributed by atoms with Crippen molar-refractivity contribution in [1.82, 2.24) is 10.2 Å². The van der Waals surface area contributed by atoms with Gasteiger partial charge in [0, 0.05) is 12.6 Å². The maximum Gasteiger partial charge on any atom is 0.329 e. The highest BCUT2D eigenvalue weighted by atomic mass is 16.5. The van der Waals surface area contributed by atoms with E-state index in [2.05, 4.69) is 12.2 Å². The molecule has 29 heavy (non-hydrogen) atoms. The van der Waals surface area contributed by atoms with Crippen molar-refractivity contribution in [3.05, 3.63) is 35.9 Å². The molecule has 1 aliphatic heterocycles. The van der Waals surface area contributed by atoms with Gasteiger partial charge in [-0.15, -0.1) is 0 Å². The van der Waals surface area contributed by atoms with E-state index in [-0.39, 0.29) is 30.2 Å². The van der Waals surface area contributed by atoms with Gasteiger partial charge in [-0.3, -0.25) is 9.59 Å². The van der Waals surface area contributed by atoms with Crippen molar-refractivity contribution in [2.75, 3.05) is 6.54 Å². The molecule has 0 bridgehead atoms. The van der Waals surface area contributed by atoms with Crippen LogP contribution in [0.4, 0.5) is 0 Å². The van der Waals surface area contributed by atoms with E-state index >= 15 is 0 Å². The van der Waals surface area contributed by atoms with E-state index in [0.717, 1.165) is 31.2 Å². The Morgan fingerprint density at radius 2 is 1.83 bits per heavy atom. The fraction of sp³-hybridized carbons (Fsp3) is 0.609. The van der Waals surface area contributed by atoms with Crippen molar-refractivity contribution in [2.24, 2.45) is 5.92 Å². The third-order valence-electron chi connectivity index (χ3n) is 5.47. The van der Waals surface area contributed by atoms with Gasteiger partial charge >= 0.3 is 5.97 Å². The van der Waals surface area contributed by atoms with Gasteiger partial charge in [0.25, 0.3) is 5.91 Å². The van der Waals surface area contributed by atoms with E-state index in [4.69, 9.17) is 4.74 Å². The summed E-state index contributed by atoms with van der Waals surface area (Å²) in [4.78, 5) is 39.8. The normalized spacial score (nSPS) is 18.8. The largest absolute Gasteiger partial charge is 0.451 e. The minimum absolute atomic E-state index is 0.150. The number of amides is 2. The first-order valence-corrected chi connectivity index (χ1v) is 10.7. The zero-order valence-electron chi connectivity index (χ0n) is 18.0. The molecule has 0 aliphatic carbocycles. The number of nitrogens with zero attached hydrogens (tertiary/aromatic N) is 1. The average molecular weight is 403 g/mol. The third kappa shape index (κ3) is 6.58. The fourth-order valence-electron chi connectivity index (χ4n) is 3.75. The first-order valence-electron chi connectivity index (χ1n) is 10.7. The number of ether oxygens (including phenoxy) is 1. The standard InChI is InChI=1S/C23H34N2O4/c1-5-19-13-9-10-14-25(19)22(27)17(4)29-23(28)21(16(2)3)24-20(26)15-18-11-7-6-8-12-18/h6-8,11-12,16-17,19,21H,5,9-10,13-15H2,1-4H3,(H,24,26). The zero-order chi connectivity index (χ0) is 21.4. The summed E-state index contributed by atoms with van der Waals surface area (Å²) in [6.07, 6.45) is 3.33. The molecule has 2 amide bonds. The lowest BCUT2D eigenvalue weighted by molar-refractivity contribution is -0.163. The number of piperidine rings is 1. The second-order valence-corrected chi connectivity index (χ2v) is 8.12. The molecule has 3 unspecified atom stereocenters. The number of rotatable bonds is 8. The Hall–Kier alpha value is -2.37. The van der Waals surface area contributed by atoms with Crippen molar-refractivity contribution in [3.63, 3.8) is 0 Å². The average Bonchev–Trinajstić information content (AvgIpc) is 2.71. The van der Waals surface area contributed by atoms with Crippen LogP contribution in [0.5, 0.6) is 0 Å². The Labute approximate surface area is 174 Å². The molecule has 6 heteroatoms. The molecule has 160 valence electrons. The third-order valence-corrected chi connectivity index (χ3v) is 5.47. The molecule has 1 aliphatic rings. The molecule has 0 aromatic heterocycles. The molecule has 1 fully saturated rings. The lowest BCUT2D eigenvalue weighted by Gasteiger charge is -2.36. The fourth-order valence-corrected chi connectivity index (χ4v) is 3.75. The first-order chi connectivity index (χ1) is 13.8. The molecule has 1 aromatic carbocycles. The summed E-state index contributed by atoms with van der Waals surface area (Å²) < 4.78 is 5.49. The van der Waals surface area contributed by atoms with Crippen LogP contribution in [-0.2, 0) is 25.5 Å². The van der Waals surface area contributed by atoms with Gasteiger partial charge in [-0.1, -0.05) is 51.1 Å². The predicted molar refractivity (Wildman–Crippen MR) is 112 cm³/mol. The van der Waals surface area contributed by atoms with Crippen LogP contribution in [0.25, 0.3) is 0 Å². The van der Waals surface area contributed by atoms with E-state index in [9.17, 15) is 14.4 Å². The van der Waals surface area contributed by atoms with Gasteiger partial charge < -0.3 is 15.0 Å². The summed E-state index contributed by atoms with van der Waals surface area (Å²) in [5.41, 5.74) is 0.875. The summed E-state index contributed by atoms with van der Waals surface area (Å²) in [6.45, 7) is 8.09. The molecule has 1 N–H and O–H groups in total. The molecule has 1 heterocycles. The summed E-state index contributed by atoms with van der Waals surface area (Å²) in [6, 6.07) is 8.79.